The molecule has 3 heterocycles. The number of aromatic amines is 1. The number of piperazine rings is 1. The fourth-order valence-corrected chi connectivity index (χ4v) is 5.05. The Morgan fingerprint density at radius 1 is 1.00 bits per heavy atom. The summed E-state index contributed by atoms with van der Waals surface area (Å²) in [5.74, 6) is -0.0366. The quantitative estimate of drug-likeness (QED) is 0.624. The van der Waals surface area contributed by atoms with Crippen molar-refractivity contribution in [2.75, 3.05) is 37.6 Å². The number of halogens is 1. The zero-order chi connectivity index (χ0) is 23.7. The highest BCUT2D eigenvalue weighted by molar-refractivity contribution is 6.30. The summed E-state index contributed by atoms with van der Waals surface area (Å²) in [6.07, 6.45) is 0.954. The molecular formula is C26H28ClN5O2. The molecule has 0 spiro atoms. The van der Waals surface area contributed by atoms with Gasteiger partial charge in [0.2, 0.25) is 5.91 Å². The summed E-state index contributed by atoms with van der Waals surface area (Å²) < 4.78 is 0. The number of carbonyl (C=O) groups is 2. The van der Waals surface area contributed by atoms with E-state index in [-0.39, 0.29) is 18.2 Å². The second-order valence-electron chi connectivity index (χ2n) is 8.97. The summed E-state index contributed by atoms with van der Waals surface area (Å²) in [5, 5.41) is 8.03. The number of anilines is 1. The van der Waals surface area contributed by atoms with E-state index in [1.165, 1.54) is 11.3 Å². The van der Waals surface area contributed by atoms with E-state index in [1.54, 1.807) is 6.07 Å². The number of aryl methyl sites for hydroxylation is 1. The van der Waals surface area contributed by atoms with E-state index >= 15 is 0 Å². The predicted molar refractivity (Wildman–Crippen MR) is 132 cm³/mol. The van der Waals surface area contributed by atoms with Crippen LogP contribution in [0.2, 0.25) is 5.02 Å². The first kappa shape index (κ1) is 22.5. The van der Waals surface area contributed by atoms with Gasteiger partial charge in [-0.05, 0) is 36.2 Å². The fourth-order valence-electron chi connectivity index (χ4n) is 4.84. The molecule has 0 saturated carbocycles. The van der Waals surface area contributed by atoms with Gasteiger partial charge in [-0.15, -0.1) is 0 Å². The number of nitrogens with one attached hydrogen (secondary N) is 1. The van der Waals surface area contributed by atoms with E-state index in [0.717, 1.165) is 29.9 Å². The average Bonchev–Trinajstić information content (AvgIpc) is 3.27. The molecule has 8 heteroatoms. The Hall–Kier alpha value is -3.32. The van der Waals surface area contributed by atoms with Crippen molar-refractivity contribution in [3.8, 4) is 0 Å². The highest BCUT2D eigenvalue weighted by atomic mass is 35.5. The summed E-state index contributed by atoms with van der Waals surface area (Å²) in [4.78, 5) is 32.3. The molecular weight excluding hydrogens is 450 g/mol. The largest absolute Gasteiger partial charge is 0.368 e. The molecule has 1 aromatic heterocycles. The first-order valence-corrected chi connectivity index (χ1v) is 12.1. The number of nitrogens with zero attached hydrogens (tertiary/aromatic N) is 4. The third-order valence-electron chi connectivity index (χ3n) is 6.76. The molecule has 176 valence electrons. The third kappa shape index (κ3) is 4.53. The van der Waals surface area contributed by atoms with Crippen LogP contribution < -0.4 is 4.90 Å². The molecule has 2 aliphatic rings. The SMILES string of the molecule is Cc1ccccc1N1CCN(C(=O)c2n[nH]c3c2CN(C(=O)Cc2cccc(Cl)c2)CC3)CC1. The Balaban J connectivity index is 1.25. The van der Waals surface area contributed by atoms with Gasteiger partial charge >= 0.3 is 0 Å². The minimum atomic E-state index is -0.0638. The Bertz CT molecular complexity index is 1220. The van der Waals surface area contributed by atoms with Gasteiger partial charge in [-0.3, -0.25) is 14.7 Å². The maximum Gasteiger partial charge on any atom is 0.274 e. The van der Waals surface area contributed by atoms with Gasteiger partial charge in [-0.1, -0.05) is 41.9 Å². The Morgan fingerprint density at radius 3 is 2.56 bits per heavy atom. The molecule has 3 aromatic rings. The van der Waals surface area contributed by atoms with Crippen molar-refractivity contribution < 1.29 is 9.59 Å². The lowest BCUT2D eigenvalue weighted by Gasteiger charge is -2.36. The maximum atomic E-state index is 13.4. The number of hydrogen-bond donors (Lipinski definition) is 1. The number of hydrogen-bond acceptors (Lipinski definition) is 4. The van der Waals surface area contributed by atoms with E-state index in [4.69, 9.17) is 11.6 Å². The Labute approximate surface area is 204 Å². The minimum Gasteiger partial charge on any atom is -0.368 e. The van der Waals surface area contributed by atoms with E-state index < -0.39 is 0 Å². The molecule has 0 unspecified atom stereocenters. The van der Waals surface area contributed by atoms with Crippen molar-refractivity contribution in [1.82, 2.24) is 20.0 Å². The van der Waals surface area contributed by atoms with Crippen LogP contribution >= 0.6 is 11.6 Å². The number of amides is 2. The van der Waals surface area contributed by atoms with Crippen LogP contribution in [0.4, 0.5) is 5.69 Å². The van der Waals surface area contributed by atoms with Crippen LogP contribution in [0.5, 0.6) is 0 Å². The normalized spacial score (nSPS) is 15.9. The minimum absolute atomic E-state index is 0.0272. The smallest absolute Gasteiger partial charge is 0.274 e. The summed E-state index contributed by atoms with van der Waals surface area (Å²) in [6.45, 7) is 5.98. The van der Waals surface area contributed by atoms with Crippen LogP contribution in [0, 0.1) is 6.92 Å². The highest BCUT2D eigenvalue weighted by Gasteiger charge is 2.31. The van der Waals surface area contributed by atoms with Crippen LogP contribution in [0.1, 0.15) is 32.9 Å². The molecule has 0 bridgehead atoms. The van der Waals surface area contributed by atoms with Gasteiger partial charge in [0.25, 0.3) is 5.91 Å². The van der Waals surface area contributed by atoms with Crippen molar-refractivity contribution in [1.29, 1.82) is 0 Å². The molecule has 1 N–H and O–H groups in total. The second-order valence-corrected chi connectivity index (χ2v) is 9.40. The first-order valence-electron chi connectivity index (χ1n) is 11.7. The van der Waals surface area contributed by atoms with Crippen molar-refractivity contribution in [3.63, 3.8) is 0 Å². The average molecular weight is 478 g/mol. The number of rotatable bonds is 4. The zero-order valence-electron chi connectivity index (χ0n) is 19.3. The summed E-state index contributed by atoms with van der Waals surface area (Å²) >= 11 is 6.06. The molecule has 2 amide bonds. The lowest BCUT2D eigenvalue weighted by molar-refractivity contribution is -0.131. The summed E-state index contributed by atoms with van der Waals surface area (Å²) in [5.41, 5.74) is 5.59. The van der Waals surface area contributed by atoms with E-state index in [1.807, 2.05) is 34.1 Å². The lowest BCUT2D eigenvalue weighted by Crippen LogP contribution is -2.49. The van der Waals surface area contributed by atoms with E-state index in [0.29, 0.717) is 43.3 Å². The molecule has 0 aliphatic carbocycles. The number of benzene rings is 2. The van der Waals surface area contributed by atoms with Crippen molar-refractivity contribution in [3.05, 3.63) is 81.6 Å². The second kappa shape index (κ2) is 9.50. The van der Waals surface area contributed by atoms with Crippen LogP contribution in [-0.2, 0) is 24.2 Å². The van der Waals surface area contributed by atoms with Crippen LogP contribution in [0.15, 0.2) is 48.5 Å². The number of H-pyrrole nitrogens is 1. The molecule has 7 nitrogen and oxygen atoms in total. The lowest BCUT2D eigenvalue weighted by atomic mass is 10.0. The van der Waals surface area contributed by atoms with Gasteiger partial charge in [-0.2, -0.15) is 5.10 Å². The predicted octanol–water partition coefficient (Wildman–Crippen LogP) is 3.46. The van der Waals surface area contributed by atoms with Gasteiger partial charge in [0.15, 0.2) is 5.69 Å². The first-order chi connectivity index (χ1) is 16.5. The third-order valence-corrected chi connectivity index (χ3v) is 6.99. The van der Waals surface area contributed by atoms with Crippen LogP contribution in [0.3, 0.4) is 0 Å². The number of fused-ring (bicyclic) bond motifs is 1. The Morgan fingerprint density at radius 2 is 1.79 bits per heavy atom. The molecule has 0 atom stereocenters. The number of aromatic nitrogens is 2. The van der Waals surface area contributed by atoms with Gasteiger partial charge in [0, 0.05) is 67.7 Å². The van der Waals surface area contributed by atoms with Gasteiger partial charge in [0.1, 0.15) is 0 Å². The highest BCUT2D eigenvalue weighted by Crippen LogP contribution is 2.25. The van der Waals surface area contributed by atoms with E-state index in [9.17, 15) is 9.59 Å². The van der Waals surface area contributed by atoms with Gasteiger partial charge < -0.3 is 14.7 Å². The van der Waals surface area contributed by atoms with Crippen molar-refractivity contribution >= 4 is 29.1 Å². The number of carbonyl (C=O) groups excluding carboxylic acids is 2. The van der Waals surface area contributed by atoms with Crippen molar-refractivity contribution in [2.45, 2.75) is 26.3 Å². The summed E-state index contributed by atoms with van der Waals surface area (Å²) in [6, 6.07) is 15.7. The standard InChI is InChI=1S/C26H28ClN5O2/c1-18-5-2-3-8-23(18)30-11-13-31(14-12-30)26(34)25-21-17-32(10-9-22(21)28-29-25)24(33)16-19-6-4-7-20(27)15-19/h2-8,15H,9-14,16-17H2,1H3,(H,28,29). The monoisotopic (exact) mass is 477 g/mol. The summed E-state index contributed by atoms with van der Waals surface area (Å²) in [7, 11) is 0. The van der Waals surface area contributed by atoms with Gasteiger partial charge in [-0.25, -0.2) is 0 Å². The molecule has 2 aromatic carbocycles. The molecule has 34 heavy (non-hydrogen) atoms. The van der Waals surface area contributed by atoms with Gasteiger partial charge in [0.05, 0.1) is 6.42 Å². The molecule has 5 rings (SSSR count). The van der Waals surface area contributed by atoms with Crippen LogP contribution in [0.25, 0.3) is 0 Å². The van der Waals surface area contributed by atoms with Crippen LogP contribution in [-0.4, -0.2) is 64.5 Å². The number of para-hydroxylation sites is 1. The van der Waals surface area contributed by atoms with Crippen molar-refractivity contribution in [2.24, 2.45) is 0 Å². The maximum absolute atomic E-state index is 13.4. The zero-order valence-corrected chi connectivity index (χ0v) is 20.0. The molecule has 0 radical (unpaired) electrons. The topological polar surface area (TPSA) is 72.5 Å². The molecule has 1 fully saturated rings. The molecule has 1 saturated heterocycles. The molecule has 2 aliphatic heterocycles. The fraction of sp³-hybridized carbons (Fsp3) is 0.346. The van der Waals surface area contributed by atoms with E-state index in [2.05, 4.69) is 40.2 Å². The Kier molecular flexibility index (Phi) is 6.28.